The van der Waals surface area contributed by atoms with Crippen molar-refractivity contribution in [1.29, 1.82) is 0 Å². The zero-order valence-corrected chi connectivity index (χ0v) is 13.4. The normalized spacial score (nSPS) is 20.0. The van der Waals surface area contributed by atoms with Gasteiger partial charge in [0.2, 0.25) is 0 Å². The molecule has 1 aromatic heterocycles. The lowest BCUT2D eigenvalue weighted by Crippen LogP contribution is -2.39. The van der Waals surface area contributed by atoms with Crippen LogP contribution in [0.15, 0.2) is 47.0 Å². The second kappa shape index (κ2) is 6.16. The number of halogens is 2. The molecule has 2 aromatic rings. The topological polar surface area (TPSA) is 77.1 Å². The van der Waals surface area contributed by atoms with Gasteiger partial charge in [-0.3, -0.25) is 5.10 Å². The lowest BCUT2D eigenvalue weighted by atomic mass is 10.3. The van der Waals surface area contributed by atoms with Crippen LogP contribution in [0.2, 0.25) is 5.02 Å². The highest BCUT2D eigenvalue weighted by molar-refractivity contribution is 6.33. The van der Waals surface area contributed by atoms with Crippen LogP contribution in [-0.2, 0) is 0 Å². The molecule has 2 aliphatic rings. The van der Waals surface area contributed by atoms with Crippen LogP contribution in [0.5, 0.6) is 0 Å². The number of para-hydroxylation sites is 1. The number of aromatic nitrogens is 2. The number of nitrogens with one attached hydrogen (secondary N) is 4. The Morgan fingerprint density at radius 3 is 2.88 bits per heavy atom. The van der Waals surface area contributed by atoms with Crippen LogP contribution in [0.3, 0.4) is 0 Å². The second-order valence-corrected chi connectivity index (χ2v) is 6.19. The summed E-state index contributed by atoms with van der Waals surface area (Å²) >= 11 is 6.12. The van der Waals surface area contributed by atoms with Gasteiger partial charge in [-0.25, -0.2) is 9.38 Å². The van der Waals surface area contributed by atoms with Crippen LogP contribution in [0.25, 0.3) is 0 Å². The minimum Gasteiger partial charge on any atom is -0.346 e. The van der Waals surface area contributed by atoms with Crippen LogP contribution in [0.1, 0.15) is 24.5 Å². The summed E-state index contributed by atoms with van der Waals surface area (Å²) in [4.78, 5) is 4.08. The van der Waals surface area contributed by atoms with Crippen molar-refractivity contribution >= 4 is 29.3 Å². The highest BCUT2D eigenvalue weighted by Crippen LogP contribution is 2.39. The molecule has 24 heavy (non-hydrogen) atoms. The quantitative estimate of drug-likeness (QED) is 0.667. The largest absolute Gasteiger partial charge is 0.346 e. The summed E-state index contributed by atoms with van der Waals surface area (Å²) in [7, 11) is 0. The van der Waals surface area contributed by atoms with Gasteiger partial charge in [-0.05, 0) is 25.0 Å². The van der Waals surface area contributed by atoms with Crippen molar-refractivity contribution in [3.63, 3.8) is 0 Å². The molecule has 6 nitrogen and oxygen atoms in total. The van der Waals surface area contributed by atoms with Gasteiger partial charge in [0.05, 0.1) is 16.9 Å². The van der Waals surface area contributed by atoms with E-state index in [1.165, 1.54) is 19.1 Å². The van der Waals surface area contributed by atoms with Gasteiger partial charge in [-0.15, -0.1) is 0 Å². The highest BCUT2D eigenvalue weighted by Gasteiger charge is 2.26. The van der Waals surface area contributed by atoms with E-state index >= 15 is 0 Å². The first-order chi connectivity index (χ1) is 11.7. The average Bonchev–Trinajstić information content (AvgIpc) is 3.33. The Labute approximate surface area is 143 Å². The average molecular weight is 347 g/mol. The first-order valence-electron chi connectivity index (χ1n) is 7.72. The van der Waals surface area contributed by atoms with Crippen molar-refractivity contribution < 1.29 is 4.39 Å². The SMILES string of the molecule is FC1=C(Nc2cc(C3CC3)[nH]n2)NC(Nc2ccccc2Cl)N=C1. The lowest BCUT2D eigenvalue weighted by Gasteiger charge is -2.24. The fourth-order valence-corrected chi connectivity index (χ4v) is 2.66. The van der Waals surface area contributed by atoms with Crippen molar-refractivity contribution in [3.8, 4) is 0 Å². The van der Waals surface area contributed by atoms with E-state index in [1.807, 2.05) is 24.3 Å². The van der Waals surface area contributed by atoms with Crippen molar-refractivity contribution in [1.82, 2.24) is 15.5 Å². The maximum absolute atomic E-state index is 14.0. The van der Waals surface area contributed by atoms with Crippen LogP contribution >= 0.6 is 11.6 Å². The number of benzene rings is 1. The molecule has 1 unspecified atom stereocenters. The molecule has 0 radical (unpaired) electrons. The summed E-state index contributed by atoms with van der Waals surface area (Å²) in [5.74, 6) is 0.857. The number of aliphatic imine (C=N–C) groups is 1. The number of nitrogens with zero attached hydrogens (tertiary/aromatic N) is 2. The molecular weight excluding hydrogens is 331 g/mol. The molecule has 2 heterocycles. The van der Waals surface area contributed by atoms with E-state index < -0.39 is 12.1 Å². The molecule has 0 saturated heterocycles. The summed E-state index contributed by atoms with van der Waals surface area (Å²) in [5, 5.41) is 16.7. The maximum Gasteiger partial charge on any atom is 0.195 e. The van der Waals surface area contributed by atoms with Gasteiger partial charge in [0.25, 0.3) is 0 Å². The minimum absolute atomic E-state index is 0.211. The molecule has 1 fully saturated rings. The summed E-state index contributed by atoms with van der Waals surface area (Å²) < 4.78 is 14.0. The Hall–Kier alpha value is -2.54. The van der Waals surface area contributed by atoms with E-state index in [1.54, 1.807) is 6.07 Å². The van der Waals surface area contributed by atoms with Crippen molar-refractivity contribution in [2.75, 3.05) is 10.6 Å². The Balaban J connectivity index is 1.44. The predicted molar refractivity (Wildman–Crippen MR) is 92.8 cm³/mol. The molecular formula is C16H16ClFN6. The minimum atomic E-state index is -0.534. The first kappa shape index (κ1) is 15.0. The Kier molecular flexibility index (Phi) is 3.86. The van der Waals surface area contributed by atoms with Gasteiger partial charge in [0.15, 0.2) is 17.9 Å². The van der Waals surface area contributed by atoms with E-state index in [2.05, 4.69) is 31.1 Å². The van der Waals surface area contributed by atoms with Gasteiger partial charge in [-0.2, -0.15) is 5.10 Å². The van der Waals surface area contributed by atoms with Crippen molar-refractivity contribution in [2.45, 2.75) is 25.0 Å². The van der Waals surface area contributed by atoms with Crippen LogP contribution < -0.4 is 16.0 Å². The second-order valence-electron chi connectivity index (χ2n) is 5.78. The third-order valence-corrected chi connectivity index (χ3v) is 4.22. The third-order valence-electron chi connectivity index (χ3n) is 3.89. The van der Waals surface area contributed by atoms with Crippen molar-refractivity contribution in [3.05, 3.63) is 52.7 Å². The molecule has 124 valence electrons. The molecule has 8 heteroatoms. The van der Waals surface area contributed by atoms with E-state index in [9.17, 15) is 4.39 Å². The standard InChI is InChI=1S/C16H16ClFN6/c17-10-3-1-2-4-12(10)20-16-19-8-11(18)15(22-16)21-14-7-13(23-24-14)9-5-6-9/h1-4,7-9,16,20,22H,5-6H2,(H2,21,23,24). The zero-order chi connectivity index (χ0) is 16.5. The van der Waals surface area contributed by atoms with Crippen LogP contribution in [-0.4, -0.2) is 22.7 Å². The third kappa shape index (κ3) is 3.21. The highest BCUT2D eigenvalue weighted by atomic mass is 35.5. The number of H-pyrrole nitrogens is 1. The summed E-state index contributed by atoms with van der Waals surface area (Å²) in [6.07, 6.45) is 2.98. The van der Waals surface area contributed by atoms with Gasteiger partial charge < -0.3 is 16.0 Å². The summed E-state index contributed by atoms with van der Waals surface area (Å²) in [6.45, 7) is 0. The van der Waals surface area contributed by atoms with E-state index in [0.717, 1.165) is 5.69 Å². The number of anilines is 2. The van der Waals surface area contributed by atoms with Gasteiger partial charge >= 0.3 is 0 Å². The van der Waals surface area contributed by atoms with Crippen LogP contribution in [0.4, 0.5) is 15.9 Å². The monoisotopic (exact) mass is 346 g/mol. The number of rotatable bonds is 5. The molecule has 1 saturated carbocycles. The Bertz CT molecular complexity index is 810. The number of hydrogen-bond acceptors (Lipinski definition) is 5. The molecule has 0 bridgehead atoms. The summed E-state index contributed by atoms with van der Waals surface area (Å²) in [6, 6.07) is 9.21. The summed E-state index contributed by atoms with van der Waals surface area (Å²) in [5.41, 5.74) is 1.79. The van der Waals surface area contributed by atoms with E-state index in [4.69, 9.17) is 11.6 Å². The molecule has 0 amide bonds. The molecule has 4 rings (SSSR count). The predicted octanol–water partition coefficient (Wildman–Crippen LogP) is 3.56. The Morgan fingerprint density at radius 1 is 1.25 bits per heavy atom. The number of hydrogen-bond donors (Lipinski definition) is 4. The van der Waals surface area contributed by atoms with E-state index in [-0.39, 0.29) is 5.82 Å². The van der Waals surface area contributed by atoms with Crippen molar-refractivity contribution in [2.24, 2.45) is 4.99 Å². The van der Waals surface area contributed by atoms with Crippen LogP contribution in [0, 0.1) is 0 Å². The van der Waals surface area contributed by atoms with Gasteiger partial charge in [0.1, 0.15) is 5.82 Å². The molecule has 0 spiro atoms. The Morgan fingerprint density at radius 2 is 2.08 bits per heavy atom. The molecule has 1 aromatic carbocycles. The fourth-order valence-electron chi connectivity index (χ4n) is 2.47. The molecule has 1 aliphatic carbocycles. The smallest absolute Gasteiger partial charge is 0.195 e. The first-order valence-corrected chi connectivity index (χ1v) is 8.10. The van der Waals surface area contributed by atoms with Gasteiger partial charge in [-0.1, -0.05) is 23.7 Å². The fraction of sp³-hybridized carbons (Fsp3) is 0.250. The number of aromatic amines is 1. The number of allylic oxidation sites excluding steroid dienone is 1. The molecule has 1 aliphatic heterocycles. The van der Waals surface area contributed by atoms with E-state index in [0.29, 0.717) is 22.4 Å². The van der Waals surface area contributed by atoms with Gasteiger partial charge in [0, 0.05) is 17.7 Å². The molecule has 4 N–H and O–H groups in total. The lowest BCUT2D eigenvalue weighted by molar-refractivity contribution is 0.587. The zero-order valence-electron chi connectivity index (χ0n) is 12.7. The maximum atomic E-state index is 14.0. The molecule has 1 atom stereocenters.